The van der Waals surface area contributed by atoms with E-state index < -0.39 is 11.6 Å². The average Bonchev–Trinajstić information content (AvgIpc) is 2.91. The lowest BCUT2D eigenvalue weighted by atomic mass is 9.88. The van der Waals surface area contributed by atoms with E-state index in [9.17, 15) is 14.7 Å². The number of hydrogen-bond donors (Lipinski definition) is 2. The molecule has 1 fully saturated rings. The van der Waals surface area contributed by atoms with Crippen molar-refractivity contribution in [2.45, 2.75) is 78.9 Å². The third-order valence-electron chi connectivity index (χ3n) is 4.85. The van der Waals surface area contributed by atoms with Gasteiger partial charge < -0.3 is 15.3 Å². The van der Waals surface area contributed by atoms with Crippen LogP contribution in [0.2, 0.25) is 0 Å². The molecule has 1 aliphatic rings. The molecule has 1 aliphatic heterocycles. The van der Waals surface area contributed by atoms with Gasteiger partial charge in [-0.15, -0.1) is 0 Å². The van der Waals surface area contributed by atoms with Crippen LogP contribution >= 0.6 is 0 Å². The molecular weight excluding hydrogens is 292 g/mol. The van der Waals surface area contributed by atoms with E-state index in [1.807, 2.05) is 34.6 Å². The molecule has 0 saturated carbocycles. The molecule has 0 aliphatic carbocycles. The van der Waals surface area contributed by atoms with Crippen LogP contribution in [-0.4, -0.2) is 46.6 Å². The minimum absolute atomic E-state index is 0.0452. The summed E-state index contributed by atoms with van der Waals surface area (Å²) in [6.07, 6.45) is 2.85. The molecule has 1 rings (SSSR count). The summed E-state index contributed by atoms with van der Waals surface area (Å²) < 4.78 is 0. The smallest absolute Gasteiger partial charge is 0.242 e. The fourth-order valence-electron chi connectivity index (χ4n) is 2.89. The SMILES string of the molecule is CCC(C)C(C)(O)CNC(=O)C1CCCN1C(=O)CC(C)(C)C. The number of likely N-dealkylation sites (tertiary alicyclic amines) is 1. The van der Waals surface area contributed by atoms with Gasteiger partial charge in [0, 0.05) is 19.5 Å². The topological polar surface area (TPSA) is 69.6 Å². The highest BCUT2D eigenvalue weighted by Crippen LogP contribution is 2.25. The summed E-state index contributed by atoms with van der Waals surface area (Å²) >= 11 is 0. The van der Waals surface area contributed by atoms with Crippen LogP contribution < -0.4 is 5.32 Å². The Kier molecular flexibility index (Phi) is 6.63. The molecule has 3 unspecified atom stereocenters. The van der Waals surface area contributed by atoms with Crippen molar-refractivity contribution >= 4 is 11.8 Å². The van der Waals surface area contributed by atoms with E-state index in [1.54, 1.807) is 11.8 Å². The second kappa shape index (κ2) is 7.65. The van der Waals surface area contributed by atoms with Crippen molar-refractivity contribution in [3.63, 3.8) is 0 Å². The first-order valence-electron chi connectivity index (χ1n) is 8.77. The fraction of sp³-hybridized carbons (Fsp3) is 0.889. The number of aliphatic hydroxyl groups is 1. The predicted molar refractivity (Wildman–Crippen MR) is 91.9 cm³/mol. The van der Waals surface area contributed by atoms with Gasteiger partial charge in [0.2, 0.25) is 11.8 Å². The Balaban J connectivity index is 2.63. The van der Waals surface area contributed by atoms with E-state index in [0.717, 1.165) is 12.8 Å². The molecule has 5 nitrogen and oxygen atoms in total. The number of amides is 2. The highest BCUT2D eigenvalue weighted by Gasteiger charge is 2.36. The zero-order valence-corrected chi connectivity index (χ0v) is 15.6. The number of nitrogens with one attached hydrogen (secondary N) is 1. The Hall–Kier alpha value is -1.10. The van der Waals surface area contributed by atoms with Gasteiger partial charge in [-0.05, 0) is 31.1 Å². The first-order valence-corrected chi connectivity index (χ1v) is 8.77. The molecule has 0 bridgehead atoms. The molecule has 1 heterocycles. The third kappa shape index (κ3) is 5.79. The van der Waals surface area contributed by atoms with Crippen LogP contribution in [0.4, 0.5) is 0 Å². The maximum atomic E-state index is 12.5. The maximum Gasteiger partial charge on any atom is 0.242 e. The van der Waals surface area contributed by atoms with Gasteiger partial charge in [-0.2, -0.15) is 0 Å². The van der Waals surface area contributed by atoms with Gasteiger partial charge in [-0.3, -0.25) is 9.59 Å². The van der Waals surface area contributed by atoms with E-state index in [0.29, 0.717) is 19.4 Å². The molecule has 2 amide bonds. The standard InChI is InChI=1S/C18H34N2O3/c1-7-13(2)18(6,23)12-19-16(22)14-9-8-10-20(14)15(21)11-17(3,4)5/h13-14,23H,7-12H2,1-6H3,(H,19,22). The van der Waals surface area contributed by atoms with Crippen LogP contribution in [0.1, 0.15) is 67.2 Å². The number of hydrogen-bond acceptors (Lipinski definition) is 3. The van der Waals surface area contributed by atoms with Crippen molar-refractivity contribution in [1.29, 1.82) is 0 Å². The fourth-order valence-corrected chi connectivity index (χ4v) is 2.89. The summed E-state index contributed by atoms with van der Waals surface area (Å²) in [5.74, 6) is 0.00202. The van der Waals surface area contributed by atoms with Gasteiger partial charge in [0.25, 0.3) is 0 Å². The van der Waals surface area contributed by atoms with Gasteiger partial charge in [0.1, 0.15) is 6.04 Å². The number of nitrogens with zero attached hydrogens (tertiary/aromatic N) is 1. The average molecular weight is 326 g/mol. The molecule has 23 heavy (non-hydrogen) atoms. The lowest BCUT2D eigenvalue weighted by molar-refractivity contribution is -0.140. The molecule has 0 aromatic carbocycles. The highest BCUT2D eigenvalue weighted by atomic mass is 16.3. The molecule has 1 saturated heterocycles. The Bertz CT molecular complexity index is 426. The van der Waals surface area contributed by atoms with Gasteiger partial charge >= 0.3 is 0 Å². The van der Waals surface area contributed by atoms with Crippen molar-refractivity contribution in [2.24, 2.45) is 11.3 Å². The number of carbonyl (C=O) groups excluding carboxylic acids is 2. The van der Waals surface area contributed by atoms with Crippen molar-refractivity contribution in [2.75, 3.05) is 13.1 Å². The largest absolute Gasteiger partial charge is 0.388 e. The minimum Gasteiger partial charge on any atom is -0.388 e. The monoisotopic (exact) mass is 326 g/mol. The van der Waals surface area contributed by atoms with Crippen LogP contribution in [-0.2, 0) is 9.59 Å². The molecule has 2 N–H and O–H groups in total. The molecule has 0 aromatic heterocycles. The number of carbonyl (C=O) groups is 2. The van der Waals surface area contributed by atoms with Crippen LogP contribution in [0.25, 0.3) is 0 Å². The first kappa shape index (κ1) is 19.9. The summed E-state index contributed by atoms with van der Waals surface area (Å²) in [6, 6.07) is -0.391. The molecule has 3 atom stereocenters. The second-order valence-electron chi connectivity index (χ2n) is 8.37. The lowest BCUT2D eigenvalue weighted by Crippen LogP contribution is -2.51. The summed E-state index contributed by atoms with van der Waals surface area (Å²) in [5, 5.41) is 13.3. The molecule has 134 valence electrons. The Labute approximate surface area is 140 Å². The maximum absolute atomic E-state index is 12.5. The number of rotatable bonds is 6. The Morgan fingerprint density at radius 3 is 2.43 bits per heavy atom. The molecule has 0 spiro atoms. The summed E-state index contributed by atoms with van der Waals surface area (Å²) in [7, 11) is 0. The Morgan fingerprint density at radius 2 is 1.91 bits per heavy atom. The zero-order valence-electron chi connectivity index (χ0n) is 15.6. The van der Waals surface area contributed by atoms with E-state index in [4.69, 9.17) is 0 Å². The van der Waals surface area contributed by atoms with Crippen molar-refractivity contribution in [3.05, 3.63) is 0 Å². The van der Waals surface area contributed by atoms with Crippen molar-refractivity contribution in [3.8, 4) is 0 Å². The lowest BCUT2D eigenvalue weighted by Gasteiger charge is -2.32. The van der Waals surface area contributed by atoms with E-state index in [-0.39, 0.29) is 29.7 Å². The van der Waals surface area contributed by atoms with Crippen molar-refractivity contribution < 1.29 is 14.7 Å². The van der Waals surface area contributed by atoms with Crippen LogP contribution in [0.3, 0.4) is 0 Å². The van der Waals surface area contributed by atoms with Crippen LogP contribution in [0.15, 0.2) is 0 Å². The van der Waals surface area contributed by atoms with Crippen molar-refractivity contribution in [1.82, 2.24) is 10.2 Å². The summed E-state index contributed by atoms with van der Waals surface area (Å²) in [5.41, 5.74) is -1.01. The van der Waals surface area contributed by atoms with Gasteiger partial charge in [0.05, 0.1) is 5.60 Å². The molecule has 5 heteroatoms. The quantitative estimate of drug-likeness (QED) is 0.787. The van der Waals surface area contributed by atoms with Crippen LogP contribution in [0.5, 0.6) is 0 Å². The van der Waals surface area contributed by atoms with E-state index in [1.165, 1.54) is 0 Å². The first-order chi connectivity index (χ1) is 10.5. The van der Waals surface area contributed by atoms with E-state index in [2.05, 4.69) is 5.32 Å². The molecule has 0 radical (unpaired) electrons. The summed E-state index contributed by atoms with van der Waals surface area (Å²) in [6.45, 7) is 12.7. The predicted octanol–water partition coefficient (Wildman–Crippen LogP) is 2.33. The normalized spacial score (nSPS) is 22.6. The zero-order chi connectivity index (χ0) is 17.8. The highest BCUT2D eigenvalue weighted by molar-refractivity contribution is 5.88. The van der Waals surface area contributed by atoms with Gasteiger partial charge in [-0.1, -0.05) is 41.0 Å². The second-order valence-corrected chi connectivity index (χ2v) is 8.37. The third-order valence-corrected chi connectivity index (χ3v) is 4.85. The molecular formula is C18H34N2O3. The van der Waals surface area contributed by atoms with Gasteiger partial charge in [-0.25, -0.2) is 0 Å². The van der Waals surface area contributed by atoms with Gasteiger partial charge in [0.15, 0.2) is 0 Å². The Morgan fingerprint density at radius 1 is 1.30 bits per heavy atom. The molecule has 0 aromatic rings. The minimum atomic E-state index is -0.927. The van der Waals surface area contributed by atoms with Crippen LogP contribution in [0, 0.1) is 11.3 Å². The van der Waals surface area contributed by atoms with E-state index >= 15 is 0 Å². The summed E-state index contributed by atoms with van der Waals surface area (Å²) in [4.78, 5) is 26.6.